The van der Waals surface area contributed by atoms with E-state index in [1.807, 2.05) is 0 Å². The van der Waals surface area contributed by atoms with Gasteiger partial charge in [0.1, 0.15) is 0 Å². The van der Waals surface area contributed by atoms with Crippen LogP contribution < -0.4 is 5.73 Å². The van der Waals surface area contributed by atoms with Gasteiger partial charge in [0, 0.05) is 6.54 Å². The number of unbranched alkanes of at least 4 members (excludes halogenated alkanes) is 1. The van der Waals surface area contributed by atoms with Crippen molar-refractivity contribution in [1.82, 2.24) is 0 Å². The van der Waals surface area contributed by atoms with Crippen LogP contribution in [0.3, 0.4) is 0 Å². The molecule has 1 aromatic carbocycles. The van der Waals surface area contributed by atoms with Gasteiger partial charge in [-0.15, -0.1) is 0 Å². The third-order valence-corrected chi connectivity index (χ3v) is 1.98. The van der Waals surface area contributed by atoms with Gasteiger partial charge in [-0.1, -0.05) is 31.2 Å². The van der Waals surface area contributed by atoms with E-state index >= 15 is 0 Å². The molecular weight excluding hydrogens is 146 g/mol. The first-order chi connectivity index (χ1) is 5.86. The van der Waals surface area contributed by atoms with Crippen LogP contribution in [-0.4, -0.2) is 0 Å². The van der Waals surface area contributed by atoms with Gasteiger partial charge in [-0.2, -0.15) is 0 Å². The molecule has 0 aliphatic rings. The molecule has 1 heteroatoms. The number of nitrogens with two attached hydrogens (primary N) is 1. The van der Waals surface area contributed by atoms with Crippen molar-refractivity contribution in [2.75, 3.05) is 0 Å². The molecule has 0 saturated carbocycles. The SMILES string of the molecule is C[CH]CCc1ccc(CN)cc1. The molecule has 1 radical (unpaired) electrons. The van der Waals surface area contributed by atoms with Gasteiger partial charge in [0.05, 0.1) is 0 Å². The summed E-state index contributed by atoms with van der Waals surface area (Å²) in [6.45, 7) is 2.73. The van der Waals surface area contributed by atoms with Crippen LogP contribution in [0.1, 0.15) is 24.5 Å². The summed E-state index contributed by atoms with van der Waals surface area (Å²) in [5.41, 5.74) is 8.10. The third-order valence-electron chi connectivity index (χ3n) is 1.98. The normalized spacial score (nSPS) is 10.2. The Kier molecular flexibility index (Phi) is 3.81. The van der Waals surface area contributed by atoms with Gasteiger partial charge in [-0.25, -0.2) is 0 Å². The number of aryl methyl sites for hydroxylation is 1. The van der Waals surface area contributed by atoms with Crippen LogP contribution >= 0.6 is 0 Å². The molecule has 0 unspecified atom stereocenters. The van der Waals surface area contributed by atoms with Crippen molar-refractivity contribution in [3.8, 4) is 0 Å². The predicted octanol–water partition coefficient (Wildman–Crippen LogP) is 2.30. The maximum atomic E-state index is 5.49. The topological polar surface area (TPSA) is 26.0 Å². The highest BCUT2D eigenvalue weighted by Crippen LogP contribution is 2.06. The zero-order valence-electron chi connectivity index (χ0n) is 7.59. The molecule has 0 spiro atoms. The summed E-state index contributed by atoms with van der Waals surface area (Å²) < 4.78 is 0. The fourth-order valence-electron chi connectivity index (χ4n) is 1.15. The smallest absolute Gasteiger partial charge is 0.0178 e. The molecule has 0 fully saturated rings. The highest BCUT2D eigenvalue weighted by molar-refractivity contribution is 5.22. The Balaban J connectivity index is 2.53. The van der Waals surface area contributed by atoms with Gasteiger partial charge in [0.25, 0.3) is 0 Å². The minimum absolute atomic E-state index is 0.639. The molecular formula is C11H16N. The van der Waals surface area contributed by atoms with Gasteiger partial charge in [-0.05, 0) is 30.4 Å². The predicted molar refractivity (Wildman–Crippen MR) is 52.6 cm³/mol. The highest BCUT2D eigenvalue weighted by Gasteiger charge is 1.92. The first kappa shape index (κ1) is 9.27. The Morgan fingerprint density at radius 3 is 2.25 bits per heavy atom. The lowest BCUT2D eigenvalue weighted by Gasteiger charge is -2.00. The zero-order chi connectivity index (χ0) is 8.81. The molecule has 0 atom stereocenters. The average molecular weight is 162 g/mol. The molecule has 0 aliphatic heterocycles. The van der Waals surface area contributed by atoms with E-state index in [4.69, 9.17) is 5.73 Å². The molecule has 0 aliphatic carbocycles. The summed E-state index contributed by atoms with van der Waals surface area (Å²) in [7, 11) is 0. The second-order valence-corrected chi connectivity index (χ2v) is 2.97. The van der Waals surface area contributed by atoms with Crippen LogP contribution in [-0.2, 0) is 13.0 Å². The van der Waals surface area contributed by atoms with E-state index in [1.165, 1.54) is 11.1 Å². The van der Waals surface area contributed by atoms with E-state index in [0.717, 1.165) is 12.8 Å². The molecule has 1 nitrogen and oxygen atoms in total. The number of hydrogen-bond donors (Lipinski definition) is 1. The minimum atomic E-state index is 0.639. The van der Waals surface area contributed by atoms with Crippen molar-refractivity contribution in [1.29, 1.82) is 0 Å². The van der Waals surface area contributed by atoms with Crippen LogP contribution in [0.2, 0.25) is 0 Å². The molecule has 1 aromatic rings. The van der Waals surface area contributed by atoms with Gasteiger partial charge < -0.3 is 5.73 Å². The standard InChI is InChI=1S/C11H16N/c1-2-3-4-10-5-7-11(9-12)8-6-10/h2,5-8H,3-4,9,12H2,1H3. The summed E-state index contributed by atoms with van der Waals surface area (Å²) in [6.07, 6.45) is 4.49. The maximum Gasteiger partial charge on any atom is 0.0178 e. The van der Waals surface area contributed by atoms with Crippen LogP contribution in [0.15, 0.2) is 24.3 Å². The number of benzene rings is 1. The number of rotatable bonds is 4. The third kappa shape index (κ3) is 2.67. The lowest BCUT2D eigenvalue weighted by Crippen LogP contribution is -1.95. The fourth-order valence-corrected chi connectivity index (χ4v) is 1.15. The molecule has 0 saturated heterocycles. The van der Waals surface area contributed by atoms with Crippen molar-refractivity contribution in [2.45, 2.75) is 26.3 Å². The Labute approximate surface area is 74.6 Å². The number of hydrogen-bond acceptors (Lipinski definition) is 1. The summed E-state index contributed by atoms with van der Waals surface area (Å²) in [5.74, 6) is 0. The van der Waals surface area contributed by atoms with Crippen molar-refractivity contribution in [3.05, 3.63) is 41.8 Å². The van der Waals surface area contributed by atoms with Gasteiger partial charge in [-0.3, -0.25) is 0 Å². The molecule has 2 N–H and O–H groups in total. The van der Waals surface area contributed by atoms with E-state index in [9.17, 15) is 0 Å². The van der Waals surface area contributed by atoms with Crippen LogP contribution in [0, 0.1) is 6.42 Å². The van der Waals surface area contributed by atoms with Crippen LogP contribution in [0.5, 0.6) is 0 Å². The Bertz CT molecular complexity index is 213. The second kappa shape index (κ2) is 4.94. The van der Waals surface area contributed by atoms with Crippen LogP contribution in [0.4, 0.5) is 0 Å². The lowest BCUT2D eigenvalue weighted by atomic mass is 10.1. The zero-order valence-corrected chi connectivity index (χ0v) is 7.59. The van der Waals surface area contributed by atoms with Gasteiger partial charge in [0.15, 0.2) is 0 Å². The molecule has 0 bridgehead atoms. The average Bonchev–Trinajstić information content (AvgIpc) is 2.15. The highest BCUT2D eigenvalue weighted by atomic mass is 14.5. The molecule has 12 heavy (non-hydrogen) atoms. The summed E-state index contributed by atoms with van der Waals surface area (Å²) in [4.78, 5) is 0. The largest absolute Gasteiger partial charge is 0.326 e. The van der Waals surface area contributed by atoms with E-state index < -0.39 is 0 Å². The van der Waals surface area contributed by atoms with E-state index in [2.05, 4.69) is 37.6 Å². The Hall–Kier alpha value is -0.820. The fraction of sp³-hybridized carbons (Fsp3) is 0.364. The van der Waals surface area contributed by atoms with E-state index in [-0.39, 0.29) is 0 Å². The van der Waals surface area contributed by atoms with E-state index in [1.54, 1.807) is 0 Å². The first-order valence-corrected chi connectivity index (χ1v) is 4.42. The monoisotopic (exact) mass is 162 g/mol. The molecule has 65 valence electrons. The summed E-state index contributed by atoms with van der Waals surface area (Å²) >= 11 is 0. The van der Waals surface area contributed by atoms with Crippen molar-refractivity contribution < 1.29 is 0 Å². The van der Waals surface area contributed by atoms with Crippen molar-refractivity contribution in [3.63, 3.8) is 0 Å². The lowest BCUT2D eigenvalue weighted by molar-refractivity contribution is 0.933. The quantitative estimate of drug-likeness (QED) is 0.722. The summed E-state index contributed by atoms with van der Waals surface area (Å²) in [5, 5.41) is 0. The molecule has 0 amide bonds. The van der Waals surface area contributed by atoms with Gasteiger partial charge in [0.2, 0.25) is 0 Å². The van der Waals surface area contributed by atoms with Crippen LogP contribution in [0.25, 0.3) is 0 Å². The molecule has 0 aromatic heterocycles. The molecule has 1 rings (SSSR count). The maximum absolute atomic E-state index is 5.49. The first-order valence-electron chi connectivity index (χ1n) is 4.42. The second-order valence-electron chi connectivity index (χ2n) is 2.97. The van der Waals surface area contributed by atoms with E-state index in [0.29, 0.717) is 6.54 Å². The van der Waals surface area contributed by atoms with Gasteiger partial charge >= 0.3 is 0 Å². The Morgan fingerprint density at radius 1 is 1.17 bits per heavy atom. The van der Waals surface area contributed by atoms with Crippen molar-refractivity contribution in [2.24, 2.45) is 5.73 Å². The summed E-state index contributed by atoms with van der Waals surface area (Å²) in [6, 6.07) is 8.52. The van der Waals surface area contributed by atoms with Crippen molar-refractivity contribution >= 4 is 0 Å². The molecule has 0 heterocycles. The minimum Gasteiger partial charge on any atom is -0.326 e. The Morgan fingerprint density at radius 2 is 1.75 bits per heavy atom.